The van der Waals surface area contributed by atoms with E-state index >= 15 is 0 Å². The van der Waals surface area contributed by atoms with Crippen LogP contribution < -0.4 is 4.74 Å². The molecular weight excluding hydrogens is 452 g/mol. The van der Waals surface area contributed by atoms with E-state index in [-0.39, 0.29) is 11.9 Å². The van der Waals surface area contributed by atoms with Crippen LogP contribution in [0.3, 0.4) is 0 Å². The fourth-order valence-electron chi connectivity index (χ4n) is 5.60. The van der Waals surface area contributed by atoms with Gasteiger partial charge in [-0.15, -0.1) is 0 Å². The Labute approximate surface area is 217 Å². The van der Waals surface area contributed by atoms with Gasteiger partial charge in [0.15, 0.2) is 11.5 Å². The van der Waals surface area contributed by atoms with Crippen LogP contribution in [0.25, 0.3) is 0 Å². The highest BCUT2D eigenvalue weighted by Crippen LogP contribution is 2.36. The zero-order valence-electron chi connectivity index (χ0n) is 22.6. The van der Waals surface area contributed by atoms with E-state index < -0.39 is 0 Å². The molecule has 1 aromatic carbocycles. The number of nitrogens with zero attached hydrogens (tertiary/aromatic N) is 2. The summed E-state index contributed by atoms with van der Waals surface area (Å²) in [5.41, 5.74) is 2.65. The smallest absolute Gasteiger partial charge is 0.236 e. The molecule has 2 heterocycles. The maximum atomic E-state index is 13.4. The number of hydrogen-bond acceptors (Lipinski definition) is 5. The number of allylic oxidation sites excluding steroid dienone is 2. The van der Waals surface area contributed by atoms with Gasteiger partial charge < -0.3 is 19.1 Å². The Morgan fingerprint density at radius 2 is 2.06 bits per heavy atom. The number of benzene rings is 1. The Kier molecular flexibility index (Phi) is 9.35. The van der Waals surface area contributed by atoms with Crippen LogP contribution in [0.1, 0.15) is 69.9 Å². The second kappa shape index (κ2) is 12.7. The van der Waals surface area contributed by atoms with E-state index in [0.29, 0.717) is 25.0 Å². The largest absolute Gasteiger partial charge is 0.493 e. The van der Waals surface area contributed by atoms with Crippen LogP contribution in [0.4, 0.5) is 0 Å². The Morgan fingerprint density at radius 3 is 2.83 bits per heavy atom. The number of methoxy groups -OCH3 is 1. The lowest BCUT2D eigenvalue weighted by atomic mass is 9.94. The van der Waals surface area contributed by atoms with Gasteiger partial charge in [0.2, 0.25) is 5.91 Å². The molecule has 1 unspecified atom stereocenters. The van der Waals surface area contributed by atoms with Crippen LogP contribution in [0.5, 0.6) is 5.75 Å². The van der Waals surface area contributed by atoms with Gasteiger partial charge in [-0.2, -0.15) is 0 Å². The Bertz CT molecular complexity index is 956. The Hall–Kier alpha value is -2.47. The van der Waals surface area contributed by atoms with Crippen molar-refractivity contribution in [1.29, 1.82) is 0 Å². The van der Waals surface area contributed by atoms with Gasteiger partial charge >= 0.3 is 0 Å². The van der Waals surface area contributed by atoms with Crippen molar-refractivity contribution >= 4 is 5.91 Å². The number of unbranched alkanes of at least 4 members (excludes halogenated alkanes) is 1. The van der Waals surface area contributed by atoms with Crippen molar-refractivity contribution in [1.82, 2.24) is 9.80 Å². The monoisotopic (exact) mass is 496 g/mol. The SMILES string of the molecule is CCCCN(CCC)C(=O)CN1C[C@H](c2ccc3c(c2)CCO3)C[C@@H]1COC1=CC(C)CC=C1OC. The van der Waals surface area contributed by atoms with Gasteiger partial charge in [0.25, 0.3) is 0 Å². The summed E-state index contributed by atoms with van der Waals surface area (Å²) in [6, 6.07) is 6.82. The minimum Gasteiger partial charge on any atom is -0.493 e. The molecule has 1 fully saturated rings. The summed E-state index contributed by atoms with van der Waals surface area (Å²) in [5, 5.41) is 0. The third-order valence-corrected chi connectivity index (χ3v) is 7.68. The average Bonchev–Trinajstić information content (AvgIpc) is 3.51. The van der Waals surface area contributed by atoms with Crippen LogP contribution in [0.15, 0.2) is 41.9 Å². The fraction of sp³-hybridized carbons (Fsp3) is 0.633. The number of rotatable bonds is 12. The third-order valence-electron chi connectivity index (χ3n) is 7.68. The van der Waals surface area contributed by atoms with Gasteiger partial charge in [-0.1, -0.05) is 39.3 Å². The summed E-state index contributed by atoms with van der Waals surface area (Å²) in [5.74, 6) is 3.72. The zero-order valence-corrected chi connectivity index (χ0v) is 22.6. The lowest BCUT2D eigenvalue weighted by Gasteiger charge is -2.29. The minimum absolute atomic E-state index is 0.175. The van der Waals surface area contributed by atoms with Crippen molar-refractivity contribution in [3.05, 3.63) is 53.0 Å². The number of carbonyl (C=O) groups is 1. The summed E-state index contributed by atoms with van der Waals surface area (Å²) >= 11 is 0. The number of hydrogen-bond donors (Lipinski definition) is 0. The number of ether oxygens (including phenoxy) is 3. The highest BCUT2D eigenvalue weighted by Gasteiger charge is 2.36. The normalized spacial score (nSPS) is 23.5. The predicted molar refractivity (Wildman–Crippen MR) is 143 cm³/mol. The molecule has 1 amide bonds. The molecule has 0 aromatic heterocycles. The molecule has 0 saturated carbocycles. The molecule has 4 rings (SSSR count). The second-order valence-electron chi connectivity index (χ2n) is 10.5. The second-order valence-corrected chi connectivity index (χ2v) is 10.5. The van der Waals surface area contributed by atoms with E-state index in [2.05, 4.69) is 60.9 Å². The van der Waals surface area contributed by atoms with Crippen molar-refractivity contribution in [2.45, 2.75) is 71.3 Å². The lowest BCUT2D eigenvalue weighted by molar-refractivity contribution is -0.133. The molecule has 198 valence electrons. The number of amides is 1. The molecule has 36 heavy (non-hydrogen) atoms. The van der Waals surface area contributed by atoms with Crippen LogP contribution in [0.2, 0.25) is 0 Å². The molecule has 2 aliphatic heterocycles. The Morgan fingerprint density at radius 1 is 1.19 bits per heavy atom. The number of fused-ring (bicyclic) bond motifs is 1. The standard InChI is InChI=1S/C30H44N2O4/c1-5-7-14-31(13-6-2)30(33)20-32-19-25(23-9-11-27-24(17-23)12-15-35-27)18-26(32)21-36-29-16-22(3)8-10-28(29)34-4/h9-11,16-17,22,25-26H,5-8,12-15,18-21H2,1-4H3/t22?,25-,26-/m1/s1. The summed E-state index contributed by atoms with van der Waals surface area (Å²) in [4.78, 5) is 17.8. The van der Waals surface area contributed by atoms with Crippen LogP contribution in [0, 0.1) is 5.92 Å². The number of carbonyl (C=O) groups excluding carboxylic acids is 1. The molecule has 0 spiro atoms. The first-order chi connectivity index (χ1) is 17.5. The highest BCUT2D eigenvalue weighted by atomic mass is 16.5. The first-order valence-electron chi connectivity index (χ1n) is 13.9. The molecule has 1 aliphatic carbocycles. The van der Waals surface area contributed by atoms with Crippen molar-refractivity contribution < 1.29 is 19.0 Å². The van der Waals surface area contributed by atoms with Gasteiger partial charge in [-0.3, -0.25) is 9.69 Å². The maximum Gasteiger partial charge on any atom is 0.236 e. The molecule has 1 saturated heterocycles. The lowest BCUT2D eigenvalue weighted by Crippen LogP contribution is -2.44. The predicted octanol–water partition coefficient (Wildman–Crippen LogP) is 5.29. The summed E-state index contributed by atoms with van der Waals surface area (Å²) in [7, 11) is 1.70. The van der Waals surface area contributed by atoms with Gasteiger partial charge in [0.05, 0.1) is 20.3 Å². The zero-order chi connectivity index (χ0) is 25.5. The third kappa shape index (κ3) is 6.44. The molecule has 6 heteroatoms. The summed E-state index contributed by atoms with van der Waals surface area (Å²) in [6.07, 6.45) is 10.3. The molecule has 1 aromatic rings. The van der Waals surface area contributed by atoms with Crippen LogP contribution in [-0.4, -0.2) is 68.3 Å². The highest BCUT2D eigenvalue weighted by molar-refractivity contribution is 5.78. The van der Waals surface area contributed by atoms with E-state index in [1.807, 2.05) is 0 Å². The molecule has 3 aliphatic rings. The quantitative estimate of drug-likeness (QED) is 0.394. The molecule has 0 bridgehead atoms. The molecule has 0 radical (unpaired) electrons. The van der Waals surface area contributed by atoms with Gasteiger partial charge in [-0.05, 0) is 66.9 Å². The van der Waals surface area contributed by atoms with Gasteiger partial charge in [0, 0.05) is 32.1 Å². The van der Waals surface area contributed by atoms with Crippen molar-refractivity contribution in [3.8, 4) is 5.75 Å². The summed E-state index contributed by atoms with van der Waals surface area (Å²) in [6.45, 7) is 10.8. The minimum atomic E-state index is 0.175. The van der Waals surface area contributed by atoms with Gasteiger partial charge in [-0.25, -0.2) is 0 Å². The summed E-state index contributed by atoms with van der Waals surface area (Å²) < 4.78 is 17.7. The first kappa shape index (κ1) is 26.6. The van der Waals surface area contributed by atoms with Crippen molar-refractivity contribution in [2.75, 3.05) is 46.5 Å². The average molecular weight is 497 g/mol. The first-order valence-corrected chi connectivity index (χ1v) is 13.9. The van der Waals surface area contributed by atoms with Crippen molar-refractivity contribution in [3.63, 3.8) is 0 Å². The topological polar surface area (TPSA) is 51.2 Å². The maximum absolute atomic E-state index is 13.4. The van der Waals surface area contributed by atoms with Gasteiger partial charge in [0.1, 0.15) is 12.4 Å². The van der Waals surface area contributed by atoms with Crippen molar-refractivity contribution in [2.24, 2.45) is 5.92 Å². The van der Waals surface area contributed by atoms with Crippen LogP contribution in [-0.2, 0) is 20.7 Å². The van der Waals surface area contributed by atoms with E-state index in [1.165, 1.54) is 11.1 Å². The molecule has 0 N–H and O–H groups in total. The van der Waals surface area contributed by atoms with E-state index in [0.717, 1.165) is 82.0 Å². The Balaban J connectivity index is 1.48. The van der Waals surface area contributed by atoms with Crippen LogP contribution >= 0.6 is 0 Å². The van der Waals surface area contributed by atoms with E-state index in [9.17, 15) is 4.79 Å². The molecule has 3 atom stereocenters. The van der Waals surface area contributed by atoms with E-state index in [1.54, 1.807) is 7.11 Å². The molecular formula is C30H44N2O4. The van der Waals surface area contributed by atoms with E-state index in [4.69, 9.17) is 14.2 Å². The fourth-order valence-corrected chi connectivity index (χ4v) is 5.60. The number of likely N-dealkylation sites (tertiary alicyclic amines) is 1. The molecule has 6 nitrogen and oxygen atoms in total.